The van der Waals surface area contributed by atoms with E-state index in [-0.39, 0.29) is 30.6 Å². The second-order valence-electron chi connectivity index (χ2n) is 12.0. The Morgan fingerprint density at radius 2 is 1.44 bits per heavy atom. The van der Waals surface area contributed by atoms with Gasteiger partial charge in [-0.2, -0.15) is 0 Å². The van der Waals surface area contributed by atoms with Crippen molar-refractivity contribution in [1.82, 2.24) is 5.32 Å². The summed E-state index contributed by atoms with van der Waals surface area (Å²) < 4.78 is 31.5. The van der Waals surface area contributed by atoms with Gasteiger partial charge in [0.2, 0.25) is 0 Å². The van der Waals surface area contributed by atoms with Gasteiger partial charge in [-0.05, 0) is 98.3 Å². The molecule has 0 radical (unpaired) electrons. The maximum absolute atomic E-state index is 12.4. The Kier molecular flexibility index (Phi) is 12.2. The summed E-state index contributed by atoms with van der Waals surface area (Å²) in [5.74, 6) is -1.42. The van der Waals surface area contributed by atoms with E-state index in [1.54, 1.807) is 48.5 Å². The minimum absolute atomic E-state index is 0.0357. The largest absolute Gasteiger partial charge is 0.514 e. The zero-order chi connectivity index (χ0) is 30.8. The van der Waals surface area contributed by atoms with Crippen LogP contribution in [0.5, 0.6) is 11.5 Å². The van der Waals surface area contributed by atoms with Crippen LogP contribution < -0.4 is 14.8 Å². The molecule has 1 aromatic rings. The van der Waals surface area contributed by atoms with Gasteiger partial charge in [0.15, 0.2) is 11.5 Å². The van der Waals surface area contributed by atoms with Crippen molar-refractivity contribution in [2.45, 2.75) is 116 Å². The standard InChI is InChI=1S/C29H43NO11/c1-18(36-25(33)37-20-11-9-8-10-12-20)17-30-21(24(31)32)15-19-13-14-22(38-26(34)40-28(2,3)4)23(16-19)39-27(35)41-29(5,6)7/h13-14,16,18,20-21,30H,8-12,15,17H2,1-7H3,(H,31,32)/t18?,21-/m0/s1. The van der Waals surface area contributed by atoms with Crippen molar-refractivity contribution in [2.75, 3.05) is 6.54 Å². The predicted octanol–water partition coefficient (Wildman–Crippen LogP) is 5.77. The Morgan fingerprint density at radius 1 is 0.878 bits per heavy atom. The molecule has 41 heavy (non-hydrogen) atoms. The summed E-state index contributed by atoms with van der Waals surface area (Å²) in [4.78, 5) is 48.7. The molecule has 1 saturated carbocycles. The van der Waals surface area contributed by atoms with Gasteiger partial charge >= 0.3 is 24.4 Å². The molecule has 0 heterocycles. The number of carbonyl (C=O) groups is 4. The first-order valence-electron chi connectivity index (χ1n) is 13.8. The Hall–Kier alpha value is -3.54. The van der Waals surface area contributed by atoms with Gasteiger partial charge in [-0.3, -0.25) is 4.79 Å². The van der Waals surface area contributed by atoms with Gasteiger partial charge in [0.1, 0.15) is 29.5 Å². The van der Waals surface area contributed by atoms with Crippen LogP contribution in [0.4, 0.5) is 14.4 Å². The molecule has 1 fully saturated rings. The number of hydrogen-bond acceptors (Lipinski definition) is 11. The summed E-state index contributed by atoms with van der Waals surface area (Å²) in [5, 5.41) is 12.7. The van der Waals surface area contributed by atoms with Crippen LogP contribution in [0, 0.1) is 0 Å². The molecule has 12 heteroatoms. The number of benzene rings is 1. The SMILES string of the molecule is CC(CN[C@@H](Cc1ccc(OC(=O)OC(C)(C)C)c(OC(=O)OC(C)(C)C)c1)C(=O)O)OC(=O)OC1CCCCC1. The summed E-state index contributed by atoms with van der Waals surface area (Å²) in [6.07, 6.45) is 1.10. The van der Waals surface area contributed by atoms with E-state index in [0.717, 1.165) is 32.1 Å². The van der Waals surface area contributed by atoms with E-state index in [2.05, 4.69) is 5.32 Å². The summed E-state index contributed by atoms with van der Waals surface area (Å²) in [5.41, 5.74) is -1.22. The van der Waals surface area contributed by atoms with Crippen molar-refractivity contribution in [2.24, 2.45) is 0 Å². The molecule has 2 rings (SSSR count). The number of carboxylic acids is 1. The van der Waals surface area contributed by atoms with Gasteiger partial charge in [-0.1, -0.05) is 12.5 Å². The van der Waals surface area contributed by atoms with E-state index >= 15 is 0 Å². The van der Waals surface area contributed by atoms with Crippen molar-refractivity contribution in [3.05, 3.63) is 23.8 Å². The fourth-order valence-corrected chi connectivity index (χ4v) is 3.91. The maximum atomic E-state index is 12.4. The Balaban J connectivity index is 2.08. The van der Waals surface area contributed by atoms with Gasteiger partial charge in [-0.15, -0.1) is 0 Å². The molecule has 0 saturated heterocycles. The number of ether oxygens (including phenoxy) is 6. The second kappa shape index (κ2) is 14.9. The van der Waals surface area contributed by atoms with Crippen LogP contribution in [0.2, 0.25) is 0 Å². The lowest BCUT2D eigenvalue weighted by molar-refractivity contribution is -0.139. The molecule has 12 nitrogen and oxygen atoms in total. The fourth-order valence-electron chi connectivity index (χ4n) is 3.91. The highest BCUT2D eigenvalue weighted by molar-refractivity contribution is 5.74. The van der Waals surface area contributed by atoms with Crippen molar-refractivity contribution >= 4 is 24.4 Å². The van der Waals surface area contributed by atoms with Crippen LogP contribution in [0.1, 0.15) is 86.1 Å². The monoisotopic (exact) mass is 581 g/mol. The van der Waals surface area contributed by atoms with Crippen molar-refractivity contribution < 1.29 is 52.7 Å². The van der Waals surface area contributed by atoms with Crippen LogP contribution >= 0.6 is 0 Å². The smallest absolute Gasteiger partial charge is 0.480 e. The van der Waals surface area contributed by atoms with E-state index < -0.39 is 47.8 Å². The molecule has 0 aromatic heterocycles. The molecule has 1 aromatic carbocycles. The average molecular weight is 582 g/mol. The van der Waals surface area contributed by atoms with E-state index in [9.17, 15) is 24.3 Å². The maximum Gasteiger partial charge on any atom is 0.514 e. The first-order valence-corrected chi connectivity index (χ1v) is 13.8. The van der Waals surface area contributed by atoms with Crippen LogP contribution in [-0.2, 0) is 30.2 Å². The molecule has 1 aliphatic rings. The van der Waals surface area contributed by atoms with E-state index in [4.69, 9.17) is 28.4 Å². The number of carbonyl (C=O) groups excluding carboxylic acids is 3. The number of rotatable bonds is 10. The zero-order valence-corrected chi connectivity index (χ0v) is 24.9. The minimum Gasteiger partial charge on any atom is -0.480 e. The molecule has 230 valence electrons. The highest BCUT2D eigenvalue weighted by Gasteiger charge is 2.26. The summed E-state index contributed by atoms with van der Waals surface area (Å²) in [6.45, 7) is 11.7. The second-order valence-corrected chi connectivity index (χ2v) is 12.0. The lowest BCUT2D eigenvalue weighted by Gasteiger charge is -2.23. The predicted molar refractivity (Wildman–Crippen MR) is 147 cm³/mol. The van der Waals surface area contributed by atoms with Crippen molar-refractivity contribution in [3.8, 4) is 11.5 Å². The van der Waals surface area contributed by atoms with Crippen molar-refractivity contribution in [3.63, 3.8) is 0 Å². The first-order chi connectivity index (χ1) is 19.0. The molecule has 2 N–H and O–H groups in total. The topological polar surface area (TPSA) is 156 Å². The van der Waals surface area contributed by atoms with E-state index in [1.807, 2.05) is 0 Å². The first kappa shape index (κ1) is 33.7. The molecule has 0 spiro atoms. The molecule has 0 bridgehead atoms. The summed E-state index contributed by atoms with van der Waals surface area (Å²) >= 11 is 0. The normalized spacial score (nSPS) is 15.7. The van der Waals surface area contributed by atoms with Crippen LogP contribution in [-0.4, -0.2) is 65.5 Å². The minimum atomic E-state index is -1.15. The number of carboxylic acid groups (broad SMARTS) is 1. The van der Waals surface area contributed by atoms with Crippen LogP contribution in [0.3, 0.4) is 0 Å². The third-order valence-corrected chi connectivity index (χ3v) is 5.68. The number of aliphatic carboxylic acids is 1. The molecule has 1 unspecified atom stereocenters. The molecular formula is C29H43NO11. The van der Waals surface area contributed by atoms with E-state index in [1.165, 1.54) is 18.2 Å². The lowest BCUT2D eigenvalue weighted by Crippen LogP contribution is -2.43. The van der Waals surface area contributed by atoms with Crippen molar-refractivity contribution in [1.29, 1.82) is 0 Å². The average Bonchev–Trinajstić information content (AvgIpc) is 2.81. The molecule has 1 aliphatic carbocycles. The number of nitrogens with one attached hydrogen (secondary N) is 1. The fraction of sp³-hybridized carbons (Fsp3) is 0.655. The quantitative estimate of drug-likeness (QED) is 0.195. The highest BCUT2D eigenvalue weighted by atomic mass is 16.8. The molecule has 0 aliphatic heterocycles. The molecular weight excluding hydrogens is 538 g/mol. The number of hydrogen-bond donors (Lipinski definition) is 2. The van der Waals surface area contributed by atoms with Gasteiger partial charge in [-0.25, -0.2) is 14.4 Å². The summed E-state index contributed by atoms with van der Waals surface area (Å²) in [7, 11) is 0. The summed E-state index contributed by atoms with van der Waals surface area (Å²) in [6, 6.07) is 3.19. The van der Waals surface area contributed by atoms with Crippen LogP contribution in [0.15, 0.2) is 18.2 Å². The highest BCUT2D eigenvalue weighted by Crippen LogP contribution is 2.31. The lowest BCUT2D eigenvalue weighted by atomic mass is 9.98. The third kappa shape index (κ3) is 13.6. The molecule has 0 amide bonds. The Labute approximate surface area is 240 Å². The van der Waals surface area contributed by atoms with Gasteiger partial charge in [0, 0.05) is 6.54 Å². The van der Waals surface area contributed by atoms with Gasteiger partial charge in [0.25, 0.3) is 0 Å². The van der Waals surface area contributed by atoms with Crippen LogP contribution in [0.25, 0.3) is 0 Å². The molecule has 2 atom stereocenters. The Morgan fingerprint density at radius 3 is 1.98 bits per heavy atom. The Bertz CT molecular complexity index is 1050. The van der Waals surface area contributed by atoms with Gasteiger partial charge < -0.3 is 38.8 Å². The third-order valence-electron chi connectivity index (χ3n) is 5.68. The van der Waals surface area contributed by atoms with Gasteiger partial charge in [0.05, 0.1) is 0 Å². The zero-order valence-electron chi connectivity index (χ0n) is 24.9. The van der Waals surface area contributed by atoms with E-state index in [0.29, 0.717) is 5.56 Å².